The Morgan fingerprint density at radius 3 is 2.40 bits per heavy atom. The van der Waals surface area contributed by atoms with Gasteiger partial charge in [0.25, 0.3) is 0 Å². The smallest absolute Gasteiger partial charge is 0.138 e. The van der Waals surface area contributed by atoms with Gasteiger partial charge in [0.1, 0.15) is 29.1 Å². The van der Waals surface area contributed by atoms with Crippen LogP contribution in [0.2, 0.25) is 0 Å². The molecule has 0 amide bonds. The molecule has 0 aromatic heterocycles. The summed E-state index contributed by atoms with van der Waals surface area (Å²) in [7, 11) is 0. The predicted octanol–water partition coefficient (Wildman–Crippen LogP) is 6.03. The van der Waals surface area contributed by atoms with Gasteiger partial charge < -0.3 is 19.7 Å². The Labute approximate surface area is 178 Å². The van der Waals surface area contributed by atoms with Crippen molar-refractivity contribution in [3.05, 3.63) is 69.3 Å². The van der Waals surface area contributed by atoms with Crippen molar-refractivity contribution in [1.82, 2.24) is 0 Å². The van der Waals surface area contributed by atoms with Crippen molar-refractivity contribution >= 4 is 0 Å². The fourth-order valence-corrected chi connectivity index (χ4v) is 4.26. The molecule has 158 valence electrons. The maximum atomic E-state index is 10.7. The minimum Gasteiger partial charge on any atom is -0.508 e. The Morgan fingerprint density at radius 2 is 1.70 bits per heavy atom. The normalized spacial score (nSPS) is 18.4. The van der Waals surface area contributed by atoms with Crippen LogP contribution in [0.3, 0.4) is 0 Å². The average Bonchev–Trinajstić information content (AvgIpc) is 3.04. The van der Waals surface area contributed by atoms with Crippen LogP contribution < -0.4 is 9.47 Å². The largest absolute Gasteiger partial charge is 0.508 e. The number of rotatable bonds is 4. The van der Waals surface area contributed by atoms with Crippen LogP contribution in [0.25, 0.3) is 0 Å². The highest BCUT2D eigenvalue weighted by Crippen LogP contribution is 2.55. The molecule has 4 nitrogen and oxygen atoms in total. The van der Waals surface area contributed by atoms with Crippen LogP contribution in [-0.4, -0.2) is 16.8 Å². The molecule has 2 aromatic carbocycles. The first kappa shape index (κ1) is 20.4. The minimum absolute atomic E-state index is 0.0677. The first-order valence-electron chi connectivity index (χ1n) is 10.5. The van der Waals surface area contributed by atoms with Crippen LogP contribution in [0, 0.1) is 6.92 Å². The van der Waals surface area contributed by atoms with E-state index in [0.717, 1.165) is 33.6 Å². The molecule has 0 unspecified atom stereocenters. The molecule has 2 aliphatic rings. The Bertz CT molecular complexity index is 1050. The van der Waals surface area contributed by atoms with Gasteiger partial charge in [-0.15, -0.1) is 0 Å². The van der Waals surface area contributed by atoms with Crippen LogP contribution in [0.15, 0.2) is 41.5 Å². The summed E-state index contributed by atoms with van der Waals surface area (Å²) in [6.45, 7) is 10.6. The maximum absolute atomic E-state index is 10.7. The average molecular weight is 407 g/mol. The molecule has 2 N–H and O–H groups in total. The number of fused-ring (bicyclic) bond motifs is 5. The van der Waals surface area contributed by atoms with Gasteiger partial charge in [0, 0.05) is 22.8 Å². The number of hydrogen-bond donors (Lipinski definition) is 2. The first-order chi connectivity index (χ1) is 14.3. The van der Waals surface area contributed by atoms with Gasteiger partial charge in [-0.25, -0.2) is 0 Å². The number of allylic oxidation sites excluding steroid dienone is 4. The second kappa shape index (κ2) is 7.75. The summed E-state index contributed by atoms with van der Waals surface area (Å²) in [5.41, 5.74) is 7.03. The van der Waals surface area contributed by atoms with Gasteiger partial charge in [-0.1, -0.05) is 23.3 Å². The van der Waals surface area contributed by atoms with E-state index in [1.807, 2.05) is 32.9 Å². The molecule has 0 fully saturated rings. The summed E-state index contributed by atoms with van der Waals surface area (Å²) in [6.07, 6.45) is 5.33. The Balaban J connectivity index is 1.77. The molecule has 0 saturated carbocycles. The lowest BCUT2D eigenvalue weighted by Gasteiger charge is -2.28. The number of aromatic hydroxyl groups is 2. The molecule has 2 aliphatic heterocycles. The summed E-state index contributed by atoms with van der Waals surface area (Å²) < 4.78 is 12.5. The molecule has 4 heteroatoms. The van der Waals surface area contributed by atoms with Gasteiger partial charge in [-0.3, -0.25) is 0 Å². The highest BCUT2D eigenvalue weighted by atomic mass is 16.5. The summed E-state index contributed by atoms with van der Waals surface area (Å²) in [6, 6.07) is 5.74. The zero-order valence-corrected chi connectivity index (χ0v) is 18.4. The molecular formula is C26H30O4. The number of benzene rings is 2. The van der Waals surface area contributed by atoms with Gasteiger partial charge in [-0.05, 0) is 70.7 Å². The quantitative estimate of drug-likeness (QED) is 0.608. The number of hydrogen-bond acceptors (Lipinski definition) is 4. The lowest BCUT2D eigenvalue weighted by Crippen LogP contribution is -2.23. The molecule has 0 saturated heterocycles. The third kappa shape index (κ3) is 3.55. The van der Waals surface area contributed by atoms with Crippen molar-refractivity contribution in [2.75, 3.05) is 6.61 Å². The third-order valence-electron chi connectivity index (χ3n) is 5.96. The molecule has 2 atom stereocenters. The lowest BCUT2D eigenvalue weighted by molar-refractivity contribution is 0.138. The topological polar surface area (TPSA) is 58.9 Å². The van der Waals surface area contributed by atoms with Gasteiger partial charge >= 0.3 is 0 Å². The van der Waals surface area contributed by atoms with E-state index in [2.05, 4.69) is 26.0 Å². The van der Waals surface area contributed by atoms with Crippen LogP contribution in [0.1, 0.15) is 67.5 Å². The van der Waals surface area contributed by atoms with E-state index in [0.29, 0.717) is 30.9 Å². The van der Waals surface area contributed by atoms with E-state index in [4.69, 9.17) is 9.47 Å². The van der Waals surface area contributed by atoms with Crippen LogP contribution in [0.5, 0.6) is 23.0 Å². The molecule has 0 spiro atoms. The molecule has 0 radical (unpaired) electrons. The third-order valence-corrected chi connectivity index (χ3v) is 5.96. The minimum atomic E-state index is -0.179. The number of phenols is 2. The molecule has 30 heavy (non-hydrogen) atoms. The molecular weight excluding hydrogens is 376 g/mol. The fourth-order valence-electron chi connectivity index (χ4n) is 4.26. The van der Waals surface area contributed by atoms with Crippen molar-refractivity contribution in [3.8, 4) is 23.0 Å². The van der Waals surface area contributed by atoms with Crippen LogP contribution in [-0.2, 0) is 12.8 Å². The highest BCUT2D eigenvalue weighted by molar-refractivity contribution is 5.60. The number of ether oxygens (including phenoxy) is 2. The van der Waals surface area contributed by atoms with Gasteiger partial charge in [0.05, 0.1) is 12.5 Å². The number of aryl methyl sites for hydroxylation is 1. The Hall–Kier alpha value is -2.88. The van der Waals surface area contributed by atoms with Crippen LogP contribution >= 0.6 is 0 Å². The van der Waals surface area contributed by atoms with E-state index in [1.165, 1.54) is 11.1 Å². The Kier molecular flexibility index (Phi) is 5.27. The highest BCUT2D eigenvalue weighted by Gasteiger charge is 2.43. The van der Waals surface area contributed by atoms with E-state index in [1.54, 1.807) is 6.07 Å². The van der Waals surface area contributed by atoms with Crippen molar-refractivity contribution in [2.45, 2.75) is 59.5 Å². The molecule has 2 aromatic rings. The monoisotopic (exact) mass is 406 g/mol. The molecule has 2 heterocycles. The zero-order chi connectivity index (χ0) is 21.6. The van der Waals surface area contributed by atoms with Gasteiger partial charge in [0.2, 0.25) is 0 Å². The summed E-state index contributed by atoms with van der Waals surface area (Å²) in [4.78, 5) is 0. The molecule has 4 rings (SSSR count). The van der Waals surface area contributed by atoms with Crippen molar-refractivity contribution < 1.29 is 19.7 Å². The van der Waals surface area contributed by atoms with Gasteiger partial charge in [0.15, 0.2) is 0 Å². The van der Waals surface area contributed by atoms with Crippen molar-refractivity contribution in [2.24, 2.45) is 0 Å². The van der Waals surface area contributed by atoms with Crippen molar-refractivity contribution in [1.29, 1.82) is 0 Å². The SMILES string of the molecule is CC(C)=CCc1cc2c(cc1O)OC[C@@H]1c3cc(C)c(O)c(CC=C(C)C)c3O[C@H]21. The zero-order valence-electron chi connectivity index (χ0n) is 18.4. The predicted molar refractivity (Wildman–Crippen MR) is 119 cm³/mol. The van der Waals surface area contributed by atoms with Crippen LogP contribution in [0.4, 0.5) is 0 Å². The summed E-state index contributed by atoms with van der Waals surface area (Å²) >= 11 is 0. The molecule has 0 aliphatic carbocycles. The Morgan fingerprint density at radius 1 is 1.00 bits per heavy atom. The second-order valence-corrected chi connectivity index (χ2v) is 8.88. The fraction of sp³-hybridized carbons (Fsp3) is 0.385. The second-order valence-electron chi connectivity index (χ2n) is 8.88. The van der Waals surface area contributed by atoms with E-state index >= 15 is 0 Å². The van der Waals surface area contributed by atoms with E-state index in [9.17, 15) is 10.2 Å². The van der Waals surface area contributed by atoms with Gasteiger partial charge in [-0.2, -0.15) is 0 Å². The summed E-state index contributed by atoms with van der Waals surface area (Å²) in [5.74, 6) is 2.08. The summed E-state index contributed by atoms with van der Waals surface area (Å²) in [5, 5.41) is 21.2. The first-order valence-corrected chi connectivity index (χ1v) is 10.5. The molecule has 0 bridgehead atoms. The van der Waals surface area contributed by atoms with Crippen molar-refractivity contribution in [3.63, 3.8) is 0 Å². The van der Waals surface area contributed by atoms with E-state index < -0.39 is 0 Å². The van der Waals surface area contributed by atoms with E-state index in [-0.39, 0.29) is 17.8 Å². The maximum Gasteiger partial charge on any atom is 0.138 e. The number of phenolic OH excluding ortho intramolecular Hbond substituents is 2. The standard InChI is InChI=1S/C26H30O4/c1-14(2)6-8-17-11-20-23(12-22(17)27)29-13-21-19-10-16(5)24(28)18(9-7-15(3)4)25(19)30-26(20)21/h6-7,10-12,21,26-28H,8-9,13H2,1-5H3/t21-,26-/m1/s1. The lowest BCUT2D eigenvalue weighted by atomic mass is 9.86.